The van der Waals surface area contributed by atoms with E-state index in [9.17, 15) is 9.59 Å². The molecule has 2 saturated heterocycles. The van der Waals surface area contributed by atoms with Crippen molar-refractivity contribution in [3.8, 4) is 28.6 Å². The van der Waals surface area contributed by atoms with Gasteiger partial charge in [0.25, 0.3) is 6.33 Å². The molecule has 2 aliphatic rings. The minimum Gasteiger partial charge on any atom is -0.496 e. The van der Waals surface area contributed by atoms with Crippen LogP contribution in [-0.4, -0.2) is 78.3 Å². The summed E-state index contributed by atoms with van der Waals surface area (Å²) in [6.07, 6.45) is 6.67. The zero-order valence-corrected chi connectivity index (χ0v) is 27.4. The fourth-order valence-corrected chi connectivity index (χ4v) is 6.02. The van der Waals surface area contributed by atoms with Crippen molar-refractivity contribution in [1.82, 2.24) is 14.8 Å². The second-order valence-electron chi connectivity index (χ2n) is 12.4. The Morgan fingerprint density at radius 1 is 1.02 bits per heavy atom. The van der Waals surface area contributed by atoms with Gasteiger partial charge < -0.3 is 24.0 Å². The molecule has 0 unspecified atom stereocenters. The molecule has 1 aromatic heterocycles. The maximum Gasteiger partial charge on any atom is 0.332 e. The van der Waals surface area contributed by atoms with E-state index in [0.29, 0.717) is 43.4 Å². The van der Waals surface area contributed by atoms with Crippen LogP contribution < -0.4 is 18.8 Å². The lowest BCUT2D eigenvalue weighted by Gasteiger charge is -2.33. The van der Waals surface area contributed by atoms with Crippen molar-refractivity contribution in [3.05, 3.63) is 85.2 Å². The van der Waals surface area contributed by atoms with Gasteiger partial charge in [0.1, 0.15) is 29.9 Å². The van der Waals surface area contributed by atoms with Crippen molar-refractivity contribution in [1.29, 1.82) is 0 Å². The second kappa shape index (κ2) is 15.7. The van der Waals surface area contributed by atoms with E-state index in [0.717, 1.165) is 30.6 Å². The van der Waals surface area contributed by atoms with Gasteiger partial charge in [-0.15, -0.1) is 0 Å². The summed E-state index contributed by atoms with van der Waals surface area (Å²) in [5.74, 6) is 1.90. The molecule has 0 saturated carbocycles. The Balaban J connectivity index is 1.26. The highest BCUT2D eigenvalue weighted by molar-refractivity contribution is 5.89. The molecule has 2 aromatic carbocycles. The maximum atomic E-state index is 15.0. The fourth-order valence-electron chi connectivity index (χ4n) is 6.02. The summed E-state index contributed by atoms with van der Waals surface area (Å²) in [6.45, 7) is 9.38. The highest BCUT2D eigenvalue weighted by Crippen LogP contribution is 2.30. The molecule has 5 rings (SSSR count). The number of benzene rings is 2. The van der Waals surface area contributed by atoms with Gasteiger partial charge >= 0.3 is 5.88 Å². The number of para-hydroxylation sites is 1. The van der Waals surface area contributed by atoms with Crippen molar-refractivity contribution >= 4 is 18.0 Å². The van der Waals surface area contributed by atoms with Crippen LogP contribution in [0.1, 0.15) is 38.7 Å². The van der Waals surface area contributed by atoms with Crippen molar-refractivity contribution in [2.75, 3.05) is 33.3 Å². The van der Waals surface area contributed by atoms with Crippen LogP contribution in [0.2, 0.25) is 0 Å². The highest BCUT2D eigenvalue weighted by Gasteiger charge is 2.34. The number of carbonyl (C=O) groups is 2. The van der Waals surface area contributed by atoms with E-state index in [2.05, 4.69) is 37.5 Å². The summed E-state index contributed by atoms with van der Waals surface area (Å²) in [4.78, 5) is 32.9. The highest BCUT2D eigenvalue weighted by atomic mass is 19.1. The van der Waals surface area contributed by atoms with Gasteiger partial charge in [0.05, 0.1) is 25.3 Å². The van der Waals surface area contributed by atoms with Crippen LogP contribution in [0.25, 0.3) is 17.5 Å². The molecule has 3 aromatic rings. The number of rotatable bonds is 11. The molecule has 2 atom stereocenters. The Kier molecular flexibility index (Phi) is 11.2. The fraction of sp³-hybridized carbons (Fsp3) is 0.405. The normalized spacial score (nSPS) is 18.7. The summed E-state index contributed by atoms with van der Waals surface area (Å²) in [5, 5.41) is 0. The lowest BCUT2D eigenvalue weighted by atomic mass is 10.0. The monoisotopic (exact) mass is 643 g/mol. The Bertz CT molecular complexity index is 1590. The number of alkyl halides is 1. The van der Waals surface area contributed by atoms with Crippen LogP contribution >= 0.6 is 0 Å². The number of aromatic nitrogens is 2. The quantitative estimate of drug-likeness (QED) is 0.209. The van der Waals surface area contributed by atoms with Crippen LogP contribution in [0.5, 0.6) is 17.4 Å². The zero-order chi connectivity index (χ0) is 33.3. The SMILES string of the molecule is C=CC(=O)N1CC[C@H](Oc2cc(-c3ccccc3OC)[n+](C=CC(=O)N3CCC(Oc4cccc(CC(C)C)c4)CC3)cn2)[C@H](F)C1. The van der Waals surface area contributed by atoms with Crippen molar-refractivity contribution < 1.29 is 32.8 Å². The molecule has 0 bridgehead atoms. The molecule has 47 heavy (non-hydrogen) atoms. The van der Waals surface area contributed by atoms with Gasteiger partial charge in [-0.3, -0.25) is 9.59 Å². The molecule has 0 radical (unpaired) electrons. The minimum atomic E-state index is -1.38. The largest absolute Gasteiger partial charge is 0.496 e. The summed E-state index contributed by atoms with van der Waals surface area (Å²) in [5.41, 5.74) is 2.67. The third-order valence-corrected chi connectivity index (χ3v) is 8.45. The number of hydrogen-bond donors (Lipinski definition) is 0. The zero-order valence-electron chi connectivity index (χ0n) is 27.4. The molecule has 9 nitrogen and oxygen atoms in total. The summed E-state index contributed by atoms with van der Waals surface area (Å²) < 4.78 is 34.6. The summed E-state index contributed by atoms with van der Waals surface area (Å²) in [7, 11) is 1.59. The second-order valence-corrected chi connectivity index (χ2v) is 12.4. The van der Waals surface area contributed by atoms with Gasteiger partial charge in [-0.05, 0) is 53.2 Å². The number of nitrogens with zero attached hydrogens (tertiary/aromatic N) is 4. The number of halogens is 1. The predicted molar refractivity (Wildman–Crippen MR) is 178 cm³/mol. The third kappa shape index (κ3) is 8.75. The average molecular weight is 644 g/mol. The number of ether oxygens (including phenoxy) is 3. The maximum absolute atomic E-state index is 15.0. The molecule has 2 aliphatic heterocycles. The first-order chi connectivity index (χ1) is 22.7. The third-order valence-electron chi connectivity index (χ3n) is 8.45. The van der Waals surface area contributed by atoms with E-state index in [1.54, 1.807) is 23.9 Å². The number of carbonyl (C=O) groups excluding carboxylic acids is 2. The molecule has 0 N–H and O–H groups in total. The molecule has 2 amide bonds. The van der Waals surface area contributed by atoms with E-state index in [4.69, 9.17) is 14.2 Å². The first-order valence-corrected chi connectivity index (χ1v) is 16.2. The van der Waals surface area contributed by atoms with E-state index in [1.165, 1.54) is 28.9 Å². The van der Waals surface area contributed by atoms with Crippen LogP contribution in [0.3, 0.4) is 0 Å². The van der Waals surface area contributed by atoms with Crippen molar-refractivity contribution in [2.24, 2.45) is 5.92 Å². The first kappa shape index (κ1) is 33.6. The topological polar surface area (TPSA) is 85.1 Å². The lowest BCUT2D eigenvalue weighted by Crippen LogP contribution is -2.49. The van der Waals surface area contributed by atoms with Crippen LogP contribution in [0.4, 0.5) is 4.39 Å². The Hall–Kier alpha value is -4.73. The van der Waals surface area contributed by atoms with E-state index in [1.807, 2.05) is 41.3 Å². The Morgan fingerprint density at radius 3 is 2.51 bits per heavy atom. The van der Waals surface area contributed by atoms with Gasteiger partial charge in [-0.1, -0.05) is 44.7 Å². The van der Waals surface area contributed by atoms with Crippen LogP contribution in [-0.2, 0) is 16.0 Å². The molecular weight excluding hydrogens is 599 g/mol. The smallest absolute Gasteiger partial charge is 0.332 e. The van der Waals surface area contributed by atoms with E-state index >= 15 is 4.39 Å². The number of piperidine rings is 2. The number of hydrogen-bond acceptors (Lipinski definition) is 6. The molecule has 248 valence electrons. The molecule has 10 heteroatoms. The predicted octanol–water partition coefficient (Wildman–Crippen LogP) is 5.29. The molecule has 2 fully saturated rings. The minimum absolute atomic E-state index is 0.0548. The number of methoxy groups -OCH3 is 1. The molecular formula is C37H44FN4O5+. The van der Waals surface area contributed by atoms with Crippen LogP contribution in [0.15, 0.2) is 79.7 Å². The Morgan fingerprint density at radius 2 is 1.79 bits per heavy atom. The van der Waals surface area contributed by atoms with E-state index in [-0.39, 0.29) is 30.3 Å². The standard InChI is InChI=1S/C37H44FN4O5/c1-5-36(43)41-19-15-34(31(38)24-41)47-35-23-32(30-11-6-7-12-33(30)45-4)42(25-39-35)20-16-37(44)40-17-13-28(14-18-40)46-29-10-8-9-27(22-29)21-26(2)3/h5-12,16,20,22-23,25-26,28,31,34H,1,13-15,17-19,21,24H2,2-4H3/q+1/t31-,34+/m1/s1. The molecule has 0 aliphatic carbocycles. The number of likely N-dealkylation sites (tertiary alicyclic amines) is 2. The Labute approximate surface area is 276 Å². The first-order valence-electron chi connectivity index (χ1n) is 16.2. The average Bonchev–Trinajstić information content (AvgIpc) is 3.08. The summed E-state index contributed by atoms with van der Waals surface area (Å²) in [6, 6.07) is 17.5. The van der Waals surface area contributed by atoms with Gasteiger partial charge in [0.15, 0.2) is 11.9 Å². The van der Waals surface area contributed by atoms with Gasteiger partial charge in [0.2, 0.25) is 11.8 Å². The number of amides is 2. The summed E-state index contributed by atoms with van der Waals surface area (Å²) >= 11 is 0. The lowest BCUT2D eigenvalue weighted by molar-refractivity contribution is -0.560. The van der Waals surface area contributed by atoms with Crippen molar-refractivity contribution in [2.45, 2.75) is 57.9 Å². The molecule has 3 heterocycles. The van der Waals surface area contributed by atoms with Gasteiger partial charge in [-0.25, -0.2) is 8.96 Å². The molecule has 0 spiro atoms. The van der Waals surface area contributed by atoms with Crippen molar-refractivity contribution in [3.63, 3.8) is 0 Å². The van der Waals surface area contributed by atoms with Gasteiger partial charge in [0, 0.05) is 45.0 Å². The van der Waals surface area contributed by atoms with E-state index < -0.39 is 12.3 Å². The van der Waals surface area contributed by atoms with Gasteiger partial charge in [-0.2, -0.15) is 0 Å². The van der Waals surface area contributed by atoms with Crippen LogP contribution in [0, 0.1) is 5.92 Å².